The largest absolute Gasteiger partial charge is 0.384 e. The lowest BCUT2D eigenvalue weighted by Gasteiger charge is -2.11. The molecule has 7 heteroatoms. The van der Waals surface area contributed by atoms with Crippen molar-refractivity contribution in [3.63, 3.8) is 0 Å². The molecule has 0 radical (unpaired) electrons. The molecular formula is C13H14BrN3O2S. The molecule has 0 saturated carbocycles. The molecule has 0 bridgehead atoms. The van der Waals surface area contributed by atoms with Crippen molar-refractivity contribution >= 4 is 37.5 Å². The molecule has 0 amide bonds. The zero-order valence-electron chi connectivity index (χ0n) is 11.0. The normalized spacial score (nSPS) is 11.3. The molecular weight excluding hydrogens is 342 g/mol. The van der Waals surface area contributed by atoms with E-state index in [4.69, 9.17) is 5.73 Å². The van der Waals surface area contributed by atoms with Crippen molar-refractivity contribution in [3.8, 4) is 0 Å². The van der Waals surface area contributed by atoms with Gasteiger partial charge in [0, 0.05) is 16.4 Å². The Morgan fingerprint density at radius 3 is 2.30 bits per heavy atom. The molecule has 0 unspecified atom stereocenters. The van der Waals surface area contributed by atoms with Crippen LogP contribution < -0.4 is 10.5 Å². The maximum atomic E-state index is 12.2. The summed E-state index contributed by atoms with van der Waals surface area (Å²) in [6.45, 7) is 3.80. The maximum absolute atomic E-state index is 12.2. The Bertz CT molecular complexity index is 720. The van der Waals surface area contributed by atoms with Crippen LogP contribution in [0, 0.1) is 13.8 Å². The summed E-state index contributed by atoms with van der Waals surface area (Å²) in [7, 11) is -3.66. The van der Waals surface area contributed by atoms with Gasteiger partial charge in [-0.15, -0.1) is 0 Å². The van der Waals surface area contributed by atoms with Crippen LogP contribution in [0.3, 0.4) is 0 Å². The molecule has 5 nitrogen and oxygen atoms in total. The zero-order chi connectivity index (χ0) is 14.9. The lowest BCUT2D eigenvalue weighted by Crippen LogP contribution is -2.13. The third-order valence-corrected chi connectivity index (χ3v) is 5.38. The van der Waals surface area contributed by atoms with Gasteiger partial charge in [-0.2, -0.15) is 0 Å². The Morgan fingerprint density at radius 2 is 1.80 bits per heavy atom. The first kappa shape index (κ1) is 14.8. The summed E-state index contributed by atoms with van der Waals surface area (Å²) < 4.78 is 27.9. The second kappa shape index (κ2) is 5.41. The number of hydrogen-bond acceptors (Lipinski definition) is 4. The van der Waals surface area contributed by atoms with Crippen molar-refractivity contribution in [2.75, 3.05) is 10.5 Å². The van der Waals surface area contributed by atoms with Gasteiger partial charge in [0.25, 0.3) is 10.0 Å². The number of halogens is 1. The fourth-order valence-corrected chi connectivity index (χ4v) is 2.98. The average molecular weight is 356 g/mol. The Labute approximate surface area is 126 Å². The molecule has 2 rings (SSSR count). The predicted octanol–water partition coefficient (Wildman–Crippen LogP) is 2.84. The number of sulfonamides is 1. The van der Waals surface area contributed by atoms with Crippen LogP contribution in [0.2, 0.25) is 0 Å². The van der Waals surface area contributed by atoms with E-state index in [1.807, 2.05) is 13.8 Å². The first-order chi connectivity index (χ1) is 9.29. The molecule has 1 heterocycles. The summed E-state index contributed by atoms with van der Waals surface area (Å²) in [6.07, 6.45) is 1.23. The van der Waals surface area contributed by atoms with E-state index < -0.39 is 10.0 Å². The van der Waals surface area contributed by atoms with Crippen LogP contribution in [0.25, 0.3) is 0 Å². The van der Waals surface area contributed by atoms with Gasteiger partial charge in [0.2, 0.25) is 0 Å². The molecule has 0 aliphatic carbocycles. The summed E-state index contributed by atoms with van der Waals surface area (Å²) in [5, 5.41) is 0. The van der Waals surface area contributed by atoms with E-state index in [1.165, 1.54) is 18.3 Å². The van der Waals surface area contributed by atoms with Crippen molar-refractivity contribution in [1.29, 1.82) is 0 Å². The molecule has 106 valence electrons. The summed E-state index contributed by atoms with van der Waals surface area (Å²) in [5.41, 5.74) is 7.87. The van der Waals surface area contributed by atoms with Crippen LogP contribution >= 0.6 is 15.9 Å². The average Bonchev–Trinajstić information content (AvgIpc) is 2.36. The molecule has 20 heavy (non-hydrogen) atoms. The summed E-state index contributed by atoms with van der Waals surface area (Å²) in [5.74, 6) is 0.277. The molecule has 0 aliphatic heterocycles. The maximum Gasteiger partial charge on any atom is 0.263 e. The number of hydrogen-bond donors (Lipinski definition) is 2. The fraction of sp³-hybridized carbons (Fsp3) is 0.154. The Kier molecular flexibility index (Phi) is 4.01. The minimum Gasteiger partial charge on any atom is -0.384 e. The number of nitrogens with two attached hydrogens (primary N) is 1. The van der Waals surface area contributed by atoms with E-state index >= 15 is 0 Å². The minimum absolute atomic E-state index is 0.0740. The van der Waals surface area contributed by atoms with Crippen LogP contribution in [-0.4, -0.2) is 13.4 Å². The van der Waals surface area contributed by atoms with Crippen molar-refractivity contribution in [1.82, 2.24) is 4.98 Å². The molecule has 0 atom stereocenters. The van der Waals surface area contributed by atoms with Crippen molar-refractivity contribution in [2.45, 2.75) is 18.7 Å². The van der Waals surface area contributed by atoms with Gasteiger partial charge in [-0.05, 0) is 49.2 Å². The van der Waals surface area contributed by atoms with E-state index in [1.54, 1.807) is 12.1 Å². The first-order valence-corrected chi connectivity index (χ1v) is 8.08. The number of rotatable bonds is 3. The molecule has 0 saturated heterocycles. The Morgan fingerprint density at radius 1 is 1.20 bits per heavy atom. The number of pyridine rings is 1. The Balaban J connectivity index is 2.36. The van der Waals surface area contributed by atoms with E-state index in [0.29, 0.717) is 5.69 Å². The highest BCUT2D eigenvalue weighted by Gasteiger charge is 2.15. The zero-order valence-corrected chi connectivity index (χ0v) is 13.4. The second-order valence-electron chi connectivity index (χ2n) is 4.45. The van der Waals surface area contributed by atoms with Gasteiger partial charge in [-0.25, -0.2) is 13.4 Å². The van der Waals surface area contributed by atoms with Gasteiger partial charge in [-0.3, -0.25) is 4.72 Å². The van der Waals surface area contributed by atoms with Crippen LogP contribution in [0.1, 0.15) is 11.1 Å². The molecule has 0 spiro atoms. The number of nitrogen functional groups attached to an aromatic ring is 1. The van der Waals surface area contributed by atoms with Crippen molar-refractivity contribution < 1.29 is 8.42 Å². The quantitative estimate of drug-likeness (QED) is 0.886. The van der Waals surface area contributed by atoms with Crippen LogP contribution in [0.15, 0.2) is 39.8 Å². The predicted molar refractivity (Wildman–Crippen MR) is 83.1 cm³/mol. The smallest absolute Gasteiger partial charge is 0.263 e. The van der Waals surface area contributed by atoms with Crippen molar-refractivity contribution in [3.05, 3.63) is 46.1 Å². The summed E-state index contributed by atoms with van der Waals surface area (Å²) in [6, 6.07) is 6.40. The van der Waals surface area contributed by atoms with Crippen LogP contribution in [-0.2, 0) is 10.0 Å². The number of nitrogens with one attached hydrogen (secondary N) is 1. The van der Waals surface area contributed by atoms with E-state index in [9.17, 15) is 8.42 Å². The van der Waals surface area contributed by atoms with Gasteiger partial charge < -0.3 is 5.73 Å². The number of aryl methyl sites for hydroxylation is 2. The highest BCUT2D eigenvalue weighted by Crippen LogP contribution is 2.26. The van der Waals surface area contributed by atoms with E-state index in [2.05, 4.69) is 25.6 Å². The third-order valence-electron chi connectivity index (χ3n) is 2.76. The first-order valence-electron chi connectivity index (χ1n) is 5.81. The lowest BCUT2D eigenvalue weighted by molar-refractivity contribution is 0.601. The monoisotopic (exact) mass is 355 g/mol. The molecule has 1 aromatic heterocycles. The standard InChI is InChI=1S/C13H14BrN3O2S/c1-8-5-10(6-9(2)13(8)14)17-20(18,19)11-3-4-12(15)16-7-11/h3-7,17H,1-2H3,(H2,15,16). The molecule has 0 fully saturated rings. The molecule has 3 N–H and O–H groups in total. The van der Waals surface area contributed by atoms with Crippen LogP contribution in [0.5, 0.6) is 0 Å². The summed E-state index contributed by atoms with van der Waals surface area (Å²) >= 11 is 3.44. The fourth-order valence-electron chi connectivity index (χ4n) is 1.77. The number of benzene rings is 1. The highest BCUT2D eigenvalue weighted by molar-refractivity contribution is 9.10. The number of nitrogens with zero attached hydrogens (tertiary/aromatic N) is 1. The van der Waals surface area contributed by atoms with Gasteiger partial charge in [0.15, 0.2) is 0 Å². The Hall–Kier alpha value is -1.60. The van der Waals surface area contributed by atoms with Gasteiger partial charge in [-0.1, -0.05) is 15.9 Å². The second-order valence-corrected chi connectivity index (χ2v) is 6.92. The molecule has 2 aromatic rings. The summed E-state index contributed by atoms with van der Waals surface area (Å²) in [4.78, 5) is 3.86. The van der Waals surface area contributed by atoms with Gasteiger partial charge in [0.05, 0.1) is 0 Å². The van der Waals surface area contributed by atoms with E-state index in [0.717, 1.165) is 15.6 Å². The topological polar surface area (TPSA) is 85.1 Å². The van der Waals surface area contributed by atoms with Gasteiger partial charge >= 0.3 is 0 Å². The van der Waals surface area contributed by atoms with Gasteiger partial charge in [0.1, 0.15) is 10.7 Å². The number of aromatic nitrogens is 1. The van der Waals surface area contributed by atoms with Crippen LogP contribution in [0.4, 0.5) is 11.5 Å². The lowest BCUT2D eigenvalue weighted by atomic mass is 10.1. The van der Waals surface area contributed by atoms with E-state index in [-0.39, 0.29) is 10.7 Å². The third kappa shape index (κ3) is 3.10. The highest BCUT2D eigenvalue weighted by atomic mass is 79.9. The number of anilines is 2. The minimum atomic E-state index is -3.66. The SMILES string of the molecule is Cc1cc(NS(=O)(=O)c2ccc(N)nc2)cc(C)c1Br. The molecule has 0 aliphatic rings. The van der Waals surface area contributed by atoms with Crippen molar-refractivity contribution in [2.24, 2.45) is 0 Å². The molecule has 1 aromatic carbocycles.